The molecule has 0 amide bonds. The highest BCUT2D eigenvalue weighted by Crippen LogP contribution is 2.33. The van der Waals surface area contributed by atoms with E-state index < -0.39 is 5.97 Å². The maximum atomic E-state index is 10.6. The Morgan fingerprint density at radius 3 is 2.36 bits per heavy atom. The normalized spacial score (nSPS) is 38.5. The average Bonchev–Trinajstić information content (AvgIpc) is 1.94. The van der Waals surface area contributed by atoms with Crippen LogP contribution in [0.1, 0.15) is 19.3 Å². The van der Waals surface area contributed by atoms with Gasteiger partial charge in [-0.05, 0) is 19.3 Å². The van der Waals surface area contributed by atoms with Gasteiger partial charge in [0, 0.05) is 9.65 Å². The molecule has 0 spiro atoms. The van der Waals surface area contributed by atoms with Gasteiger partial charge in [0.15, 0.2) is 0 Å². The van der Waals surface area contributed by atoms with Crippen molar-refractivity contribution in [2.24, 2.45) is 5.92 Å². The highest BCUT2D eigenvalue weighted by Gasteiger charge is 2.30. The van der Waals surface area contributed by atoms with Crippen molar-refractivity contribution in [3.05, 3.63) is 0 Å². The maximum Gasteiger partial charge on any atom is 0.306 e. The van der Waals surface area contributed by atoms with Gasteiger partial charge in [0.2, 0.25) is 0 Å². The average molecular weight is 286 g/mol. The standard InChI is InChI=1S/C7H10Br2O2/c8-5-2-1-4(7(10)11)3-6(5)9/h4-6H,1-3H2,(H,10,11)/t4-,5+,6+/m1/s1. The van der Waals surface area contributed by atoms with E-state index in [1.807, 2.05) is 0 Å². The van der Waals surface area contributed by atoms with Gasteiger partial charge in [0.05, 0.1) is 5.92 Å². The van der Waals surface area contributed by atoms with Gasteiger partial charge in [-0.25, -0.2) is 0 Å². The molecule has 1 rings (SSSR count). The number of halogens is 2. The third kappa shape index (κ3) is 2.44. The number of aliphatic carboxylic acids is 1. The maximum absolute atomic E-state index is 10.6. The van der Waals surface area contributed by atoms with E-state index in [4.69, 9.17) is 5.11 Å². The quantitative estimate of drug-likeness (QED) is 0.751. The lowest BCUT2D eigenvalue weighted by molar-refractivity contribution is -0.142. The Morgan fingerprint density at radius 2 is 1.91 bits per heavy atom. The number of carbonyl (C=O) groups is 1. The van der Waals surface area contributed by atoms with Gasteiger partial charge in [-0.1, -0.05) is 31.9 Å². The predicted molar refractivity (Wildman–Crippen MR) is 50.4 cm³/mol. The Labute approximate surface area is 82.6 Å². The molecule has 0 aromatic rings. The fraction of sp³-hybridized carbons (Fsp3) is 0.857. The first-order valence-electron chi connectivity index (χ1n) is 3.62. The molecular weight excluding hydrogens is 276 g/mol. The summed E-state index contributed by atoms with van der Waals surface area (Å²) in [4.78, 5) is 11.3. The molecule has 1 aliphatic carbocycles. The Bertz CT molecular complexity index is 161. The van der Waals surface area contributed by atoms with Crippen LogP contribution < -0.4 is 0 Å². The number of carboxylic acids is 1. The van der Waals surface area contributed by atoms with E-state index in [2.05, 4.69) is 31.9 Å². The molecule has 2 nitrogen and oxygen atoms in total. The molecule has 3 atom stereocenters. The van der Waals surface area contributed by atoms with Crippen LogP contribution in [0.5, 0.6) is 0 Å². The van der Waals surface area contributed by atoms with Crippen LogP contribution in [-0.2, 0) is 4.79 Å². The summed E-state index contributed by atoms with van der Waals surface area (Å²) in [7, 11) is 0. The summed E-state index contributed by atoms with van der Waals surface area (Å²) in [6.07, 6.45) is 2.49. The Balaban J connectivity index is 2.46. The molecule has 64 valence electrons. The molecule has 1 aliphatic rings. The summed E-state index contributed by atoms with van der Waals surface area (Å²) in [6.45, 7) is 0. The Morgan fingerprint density at radius 1 is 1.27 bits per heavy atom. The molecule has 0 bridgehead atoms. The lowest BCUT2D eigenvalue weighted by Gasteiger charge is -2.26. The number of carboxylic acid groups (broad SMARTS) is 1. The predicted octanol–water partition coefficient (Wildman–Crippen LogP) is 2.40. The highest BCUT2D eigenvalue weighted by molar-refractivity contribution is 9.12. The molecule has 1 saturated carbocycles. The van der Waals surface area contributed by atoms with Crippen LogP contribution in [0.4, 0.5) is 0 Å². The zero-order valence-electron chi connectivity index (χ0n) is 5.96. The molecule has 0 aromatic carbocycles. The van der Waals surface area contributed by atoms with Crippen molar-refractivity contribution in [1.29, 1.82) is 0 Å². The molecule has 11 heavy (non-hydrogen) atoms. The van der Waals surface area contributed by atoms with Crippen molar-refractivity contribution in [3.63, 3.8) is 0 Å². The van der Waals surface area contributed by atoms with E-state index in [0.717, 1.165) is 19.3 Å². The molecule has 4 heteroatoms. The van der Waals surface area contributed by atoms with E-state index in [1.165, 1.54) is 0 Å². The van der Waals surface area contributed by atoms with Crippen molar-refractivity contribution in [3.8, 4) is 0 Å². The first-order chi connectivity index (χ1) is 5.11. The van der Waals surface area contributed by atoms with Gasteiger partial charge in [0.1, 0.15) is 0 Å². The smallest absolute Gasteiger partial charge is 0.306 e. The van der Waals surface area contributed by atoms with Crippen molar-refractivity contribution >= 4 is 37.8 Å². The lowest BCUT2D eigenvalue weighted by atomic mass is 9.89. The van der Waals surface area contributed by atoms with Crippen molar-refractivity contribution in [2.75, 3.05) is 0 Å². The zero-order valence-corrected chi connectivity index (χ0v) is 9.14. The van der Waals surface area contributed by atoms with E-state index in [-0.39, 0.29) is 5.92 Å². The van der Waals surface area contributed by atoms with Gasteiger partial charge in [-0.2, -0.15) is 0 Å². The third-order valence-electron chi connectivity index (χ3n) is 2.04. The summed E-state index contributed by atoms with van der Waals surface area (Å²) in [5.41, 5.74) is 0. The lowest BCUT2D eigenvalue weighted by Crippen LogP contribution is -2.29. The van der Waals surface area contributed by atoms with E-state index in [0.29, 0.717) is 9.65 Å². The fourth-order valence-corrected chi connectivity index (χ4v) is 2.50. The summed E-state index contributed by atoms with van der Waals surface area (Å²) in [5.74, 6) is -0.804. The van der Waals surface area contributed by atoms with E-state index in [1.54, 1.807) is 0 Å². The van der Waals surface area contributed by atoms with Gasteiger partial charge in [-0.15, -0.1) is 0 Å². The molecule has 1 fully saturated rings. The zero-order chi connectivity index (χ0) is 8.43. The van der Waals surface area contributed by atoms with Crippen LogP contribution in [0.25, 0.3) is 0 Å². The number of rotatable bonds is 1. The minimum absolute atomic E-state index is 0.145. The van der Waals surface area contributed by atoms with Crippen molar-refractivity contribution in [1.82, 2.24) is 0 Å². The summed E-state index contributed by atoms with van der Waals surface area (Å²) >= 11 is 6.94. The summed E-state index contributed by atoms with van der Waals surface area (Å²) in [6, 6.07) is 0. The first kappa shape index (κ1) is 9.52. The van der Waals surface area contributed by atoms with Crippen LogP contribution >= 0.6 is 31.9 Å². The largest absolute Gasteiger partial charge is 0.481 e. The second-order valence-corrected chi connectivity index (χ2v) is 5.23. The van der Waals surface area contributed by atoms with Crippen LogP contribution in [0.3, 0.4) is 0 Å². The highest BCUT2D eigenvalue weighted by atomic mass is 79.9. The van der Waals surface area contributed by atoms with E-state index in [9.17, 15) is 4.79 Å². The van der Waals surface area contributed by atoms with Crippen LogP contribution in [-0.4, -0.2) is 20.7 Å². The van der Waals surface area contributed by atoms with Crippen LogP contribution in [0.15, 0.2) is 0 Å². The second kappa shape index (κ2) is 3.90. The SMILES string of the molecule is O=C(O)[C@@H]1CC[C@H](Br)[C@@H](Br)C1. The summed E-state index contributed by atoms with van der Waals surface area (Å²) in [5, 5.41) is 8.71. The van der Waals surface area contributed by atoms with Crippen molar-refractivity contribution in [2.45, 2.75) is 28.9 Å². The van der Waals surface area contributed by atoms with Gasteiger partial charge in [-0.3, -0.25) is 4.79 Å². The monoisotopic (exact) mass is 284 g/mol. The number of hydrogen-bond acceptors (Lipinski definition) is 1. The van der Waals surface area contributed by atoms with Gasteiger partial charge >= 0.3 is 5.97 Å². The molecule has 0 saturated heterocycles. The van der Waals surface area contributed by atoms with Crippen LogP contribution in [0.2, 0.25) is 0 Å². The molecular formula is C7H10Br2O2. The second-order valence-electron chi connectivity index (χ2n) is 2.88. The van der Waals surface area contributed by atoms with Gasteiger partial charge in [0.25, 0.3) is 0 Å². The van der Waals surface area contributed by atoms with E-state index >= 15 is 0 Å². The van der Waals surface area contributed by atoms with Gasteiger partial charge < -0.3 is 5.11 Å². The topological polar surface area (TPSA) is 37.3 Å². The molecule has 0 heterocycles. The molecule has 0 aliphatic heterocycles. The fourth-order valence-electron chi connectivity index (χ4n) is 1.30. The van der Waals surface area contributed by atoms with Crippen LogP contribution in [0, 0.1) is 5.92 Å². The van der Waals surface area contributed by atoms with Crippen molar-refractivity contribution < 1.29 is 9.90 Å². The minimum atomic E-state index is -0.658. The molecule has 0 aromatic heterocycles. The molecule has 0 radical (unpaired) electrons. The molecule has 1 N–H and O–H groups in total. The number of alkyl halides is 2. The minimum Gasteiger partial charge on any atom is -0.481 e. The Kier molecular flexibility index (Phi) is 3.37. The Hall–Kier alpha value is 0.430. The number of hydrogen-bond donors (Lipinski definition) is 1. The third-order valence-corrected chi connectivity index (χ3v) is 4.86. The molecule has 0 unspecified atom stereocenters. The first-order valence-corrected chi connectivity index (χ1v) is 5.45. The summed E-state index contributed by atoms with van der Waals surface area (Å²) < 4.78 is 0.